The van der Waals surface area contributed by atoms with Crippen LogP contribution in [0.25, 0.3) is 0 Å². The molecule has 0 bridgehead atoms. The minimum Gasteiger partial charge on any atom is -0.277 e. The number of Topliss-reactive ketones (excluding diaryl/α,β-unsaturated/α-hetero) is 1. The SMILES string of the molecule is CC(C)ONc1c(F)c(N2C(=O)C3=C(CCCC3)C2=O)cc(C(=O)C#N)c1Cl. The summed E-state index contributed by atoms with van der Waals surface area (Å²) < 4.78 is 15.2. The first-order chi connectivity index (χ1) is 13.3. The topological polar surface area (TPSA) is 99.5 Å². The molecule has 0 aromatic heterocycles. The lowest BCUT2D eigenvalue weighted by Gasteiger charge is -2.21. The summed E-state index contributed by atoms with van der Waals surface area (Å²) in [6.45, 7) is 3.35. The van der Waals surface area contributed by atoms with E-state index in [0.29, 0.717) is 28.9 Å². The minimum absolute atomic E-state index is 0.333. The smallest absolute Gasteiger partial charge is 0.263 e. The number of nitrogens with one attached hydrogen (secondary N) is 1. The maximum absolute atomic E-state index is 15.2. The van der Waals surface area contributed by atoms with Gasteiger partial charge in [0.2, 0.25) is 0 Å². The van der Waals surface area contributed by atoms with Crippen LogP contribution in [0.5, 0.6) is 0 Å². The number of nitriles is 1. The lowest BCUT2D eigenvalue weighted by Crippen LogP contribution is -2.33. The van der Waals surface area contributed by atoms with Crippen molar-refractivity contribution in [1.29, 1.82) is 5.26 Å². The largest absolute Gasteiger partial charge is 0.277 e. The third-order valence-electron chi connectivity index (χ3n) is 4.56. The zero-order valence-corrected chi connectivity index (χ0v) is 16.0. The number of amides is 2. The van der Waals surface area contributed by atoms with E-state index in [1.807, 2.05) is 0 Å². The molecule has 28 heavy (non-hydrogen) atoms. The number of benzene rings is 1. The molecule has 7 nitrogen and oxygen atoms in total. The Bertz CT molecular complexity index is 937. The Kier molecular flexibility index (Phi) is 5.49. The number of imide groups is 1. The molecule has 0 unspecified atom stereocenters. The fourth-order valence-electron chi connectivity index (χ4n) is 3.24. The minimum atomic E-state index is -1.03. The number of carbonyl (C=O) groups excluding carboxylic acids is 3. The Labute approximate surface area is 165 Å². The fraction of sp³-hybridized carbons (Fsp3) is 0.368. The molecule has 1 aromatic rings. The predicted octanol–water partition coefficient (Wildman–Crippen LogP) is 3.68. The van der Waals surface area contributed by atoms with Crippen molar-refractivity contribution < 1.29 is 23.6 Å². The zero-order chi connectivity index (χ0) is 20.6. The summed E-state index contributed by atoms with van der Waals surface area (Å²) in [6, 6.07) is 2.37. The molecule has 0 saturated heterocycles. The first-order valence-corrected chi connectivity index (χ1v) is 9.14. The number of rotatable bonds is 5. The molecule has 0 fully saturated rings. The summed E-state index contributed by atoms with van der Waals surface area (Å²) in [6.07, 6.45) is 2.05. The molecular weight excluding hydrogens is 389 g/mol. The summed E-state index contributed by atoms with van der Waals surface area (Å²) in [5, 5.41) is 8.59. The highest BCUT2D eigenvalue weighted by Crippen LogP contribution is 2.41. The van der Waals surface area contributed by atoms with Crippen LogP contribution >= 0.6 is 11.6 Å². The molecule has 3 rings (SSSR count). The van der Waals surface area contributed by atoms with E-state index < -0.39 is 34.8 Å². The van der Waals surface area contributed by atoms with Crippen molar-refractivity contribution in [3.8, 4) is 6.07 Å². The number of anilines is 2. The summed E-state index contributed by atoms with van der Waals surface area (Å²) >= 11 is 6.09. The molecule has 1 aliphatic carbocycles. The second-order valence-corrected chi connectivity index (χ2v) is 7.14. The number of hydrogen-bond donors (Lipinski definition) is 1. The maximum atomic E-state index is 15.2. The highest BCUT2D eigenvalue weighted by atomic mass is 35.5. The van der Waals surface area contributed by atoms with Crippen molar-refractivity contribution in [1.82, 2.24) is 0 Å². The van der Waals surface area contributed by atoms with Gasteiger partial charge in [-0.05, 0) is 45.6 Å². The number of halogens is 2. The van der Waals surface area contributed by atoms with Crippen molar-refractivity contribution in [2.75, 3.05) is 10.4 Å². The van der Waals surface area contributed by atoms with E-state index in [1.165, 1.54) is 6.07 Å². The first kappa shape index (κ1) is 20.0. The van der Waals surface area contributed by atoms with Gasteiger partial charge in [0.15, 0.2) is 5.82 Å². The first-order valence-electron chi connectivity index (χ1n) is 8.76. The van der Waals surface area contributed by atoms with Crippen LogP contribution in [-0.4, -0.2) is 23.7 Å². The van der Waals surface area contributed by atoms with Crippen molar-refractivity contribution in [2.45, 2.75) is 45.6 Å². The lowest BCUT2D eigenvalue weighted by molar-refractivity contribution is -0.120. The van der Waals surface area contributed by atoms with Crippen LogP contribution in [0.2, 0.25) is 5.02 Å². The van der Waals surface area contributed by atoms with Crippen LogP contribution in [0, 0.1) is 17.1 Å². The Morgan fingerprint density at radius 1 is 1.29 bits per heavy atom. The summed E-state index contributed by atoms with van der Waals surface area (Å²) in [5.41, 5.74) is 1.87. The van der Waals surface area contributed by atoms with E-state index in [9.17, 15) is 14.4 Å². The second-order valence-electron chi connectivity index (χ2n) is 6.77. The number of nitrogens with zero attached hydrogens (tertiary/aromatic N) is 2. The molecule has 1 aromatic carbocycles. The van der Waals surface area contributed by atoms with E-state index in [1.54, 1.807) is 13.8 Å². The molecule has 1 heterocycles. The third-order valence-corrected chi connectivity index (χ3v) is 4.95. The maximum Gasteiger partial charge on any atom is 0.263 e. The van der Waals surface area contributed by atoms with Crippen molar-refractivity contribution in [2.24, 2.45) is 0 Å². The van der Waals surface area contributed by atoms with Gasteiger partial charge < -0.3 is 0 Å². The van der Waals surface area contributed by atoms with Gasteiger partial charge in [0.1, 0.15) is 11.8 Å². The number of ketones is 1. The van der Waals surface area contributed by atoms with Gasteiger partial charge >= 0.3 is 0 Å². The van der Waals surface area contributed by atoms with Crippen LogP contribution in [0.4, 0.5) is 15.8 Å². The molecule has 2 aliphatic rings. The average molecular weight is 406 g/mol. The van der Waals surface area contributed by atoms with Crippen molar-refractivity contribution >= 4 is 40.6 Å². The lowest BCUT2D eigenvalue weighted by atomic mass is 9.93. The number of carbonyl (C=O) groups is 3. The summed E-state index contributed by atoms with van der Waals surface area (Å²) in [7, 11) is 0. The van der Waals surface area contributed by atoms with E-state index in [-0.39, 0.29) is 16.7 Å². The normalized spacial score (nSPS) is 16.5. The molecule has 0 spiro atoms. The van der Waals surface area contributed by atoms with E-state index in [2.05, 4.69) is 5.48 Å². The molecule has 0 atom stereocenters. The van der Waals surface area contributed by atoms with E-state index >= 15 is 4.39 Å². The molecule has 1 N–H and O–H groups in total. The Balaban J connectivity index is 2.14. The van der Waals surface area contributed by atoms with Crippen LogP contribution in [0.1, 0.15) is 49.9 Å². The predicted molar refractivity (Wildman–Crippen MR) is 99.2 cm³/mol. The van der Waals surface area contributed by atoms with Gasteiger partial charge in [-0.15, -0.1) is 0 Å². The van der Waals surface area contributed by atoms with Gasteiger partial charge in [-0.25, -0.2) is 9.29 Å². The molecule has 2 amide bonds. The van der Waals surface area contributed by atoms with Gasteiger partial charge in [-0.3, -0.25) is 24.7 Å². The van der Waals surface area contributed by atoms with Gasteiger partial charge in [0, 0.05) is 11.1 Å². The zero-order valence-electron chi connectivity index (χ0n) is 15.3. The fourth-order valence-corrected chi connectivity index (χ4v) is 3.50. The van der Waals surface area contributed by atoms with Gasteiger partial charge in [-0.2, -0.15) is 5.26 Å². The molecule has 1 aliphatic heterocycles. The van der Waals surface area contributed by atoms with E-state index in [0.717, 1.165) is 18.9 Å². The second kappa shape index (κ2) is 7.70. The highest BCUT2D eigenvalue weighted by Gasteiger charge is 2.42. The molecule has 0 radical (unpaired) electrons. The third kappa shape index (κ3) is 3.28. The van der Waals surface area contributed by atoms with E-state index in [4.69, 9.17) is 21.7 Å². The Morgan fingerprint density at radius 3 is 2.36 bits per heavy atom. The Morgan fingerprint density at radius 2 is 1.86 bits per heavy atom. The number of hydrogen-bond acceptors (Lipinski definition) is 6. The highest BCUT2D eigenvalue weighted by molar-refractivity contribution is 6.38. The average Bonchev–Trinajstić information content (AvgIpc) is 2.92. The van der Waals surface area contributed by atoms with Crippen molar-refractivity contribution in [3.63, 3.8) is 0 Å². The summed E-state index contributed by atoms with van der Waals surface area (Å²) in [5.74, 6) is -3.30. The van der Waals surface area contributed by atoms with Crippen LogP contribution in [-0.2, 0) is 14.4 Å². The molecular formula is C19H17ClFN3O4. The summed E-state index contributed by atoms with van der Waals surface area (Å²) in [4.78, 5) is 43.4. The molecule has 0 saturated carbocycles. The van der Waals surface area contributed by atoms with Crippen molar-refractivity contribution in [3.05, 3.63) is 33.6 Å². The molecule has 146 valence electrons. The standard InChI is InChI=1S/C19H17ClFN3O4/c1-9(2)28-23-17-15(20)12(14(25)8-22)7-13(16(17)21)24-18(26)10-5-3-4-6-11(10)19(24)27/h7,9,23H,3-6H2,1-2H3. The quantitative estimate of drug-likeness (QED) is 0.347. The van der Waals surface area contributed by atoms with Gasteiger partial charge in [0.25, 0.3) is 17.6 Å². The van der Waals surface area contributed by atoms with Crippen LogP contribution in [0.15, 0.2) is 17.2 Å². The van der Waals surface area contributed by atoms with Crippen LogP contribution < -0.4 is 10.4 Å². The van der Waals surface area contributed by atoms with Gasteiger partial charge in [-0.1, -0.05) is 11.6 Å². The monoisotopic (exact) mass is 405 g/mol. The molecule has 9 heteroatoms. The Hall–Kier alpha value is -2.76. The van der Waals surface area contributed by atoms with Crippen LogP contribution in [0.3, 0.4) is 0 Å². The van der Waals surface area contributed by atoms with Gasteiger partial charge in [0.05, 0.1) is 22.4 Å².